The van der Waals surface area contributed by atoms with Crippen molar-refractivity contribution in [2.45, 2.75) is 37.9 Å². The van der Waals surface area contributed by atoms with E-state index < -0.39 is 11.9 Å². The Labute approximate surface area is 173 Å². The van der Waals surface area contributed by atoms with E-state index in [-0.39, 0.29) is 10.4 Å². The van der Waals surface area contributed by atoms with Gasteiger partial charge in [-0.1, -0.05) is 11.6 Å². The first kappa shape index (κ1) is 20.4. The molecule has 0 aliphatic heterocycles. The van der Waals surface area contributed by atoms with E-state index in [0.717, 1.165) is 18.5 Å². The zero-order valence-electron chi connectivity index (χ0n) is 14.1. The Kier molecular flexibility index (Phi) is 6.32. The molecule has 4 nitrogen and oxygen atoms in total. The lowest BCUT2D eigenvalue weighted by Crippen LogP contribution is -2.29. The molecule has 2 aromatic rings. The molecule has 27 heavy (non-hydrogen) atoms. The molecule has 1 aromatic heterocycles. The molecule has 0 bridgehead atoms. The first-order valence-corrected chi connectivity index (χ1v) is 9.97. The Balaban J connectivity index is 1.53. The first-order chi connectivity index (χ1) is 12.8. The second-order valence-electron chi connectivity index (χ2n) is 6.28. The molecule has 2 N–H and O–H groups in total. The molecule has 0 saturated heterocycles. The van der Waals surface area contributed by atoms with Crippen molar-refractivity contribution in [1.29, 1.82) is 0 Å². The molecule has 1 saturated carbocycles. The summed E-state index contributed by atoms with van der Waals surface area (Å²) in [4.78, 5) is 0. The van der Waals surface area contributed by atoms with Crippen molar-refractivity contribution in [1.82, 2.24) is 15.1 Å². The number of benzene rings is 1. The molecule has 0 atom stereocenters. The van der Waals surface area contributed by atoms with Gasteiger partial charge in [-0.15, -0.1) is 0 Å². The molecule has 1 aliphatic carbocycles. The van der Waals surface area contributed by atoms with Crippen molar-refractivity contribution in [3.8, 4) is 0 Å². The molecule has 1 heterocycles. The van der Waals surface area contributed by atoms with Crippen LogP contribution in [0.5, 0.6) is 0 Å². The van der Waals surface area contributed by atoms with Crippen LogP contribution in [-0.4, -0.2) is 21.4 Å². The monoisotopic (exact) mass is 480 g/mol. The van der Waals surface area contributed by atoms with Crippen LogP contribution in [0.3, 0.4) is 0 Å². The van der Waals surface area contributed by atoms with Gasteiger partial charge < -0.3 is 10.6 Å². The third-order valence-corrected chi connectivity index (χ3v) is 5.38. The van der Waals surface area contributed by atoms with Crippen LogP contribution in [0, 0.1) is 0 Å². The van der Waals surface area contributed by atoms with Crippen molar-refractivity contribution in [2.24, 2.45) is 0 Å². The summed E-state index contributed by atoms with van der Waals surface area (Å²) < 4.78 is 40.8. The third-order valence-electron chi connectivity index (χ3n) is 4.10. The summed E-state index contributed by atoms with van der Waals surface area (Å²) in [5, 5.41) is 10.9. The van der Waals surface area contributed by atoms with E-state index in [2.05, 4.69) is 31.7 Å². The highest BCUT2D eigenvalue weighted by Crippen LogP contribution is 2.46. The number of anilines is 1. The van der Waals surface area contributed by atoms with Gasteiger partial charge in [-0.3, -0.25) is 4.68 Å². The minimum Gasteiger partial charge on any atom is -0.362 e. The summed E-state index contributed by atoms with van der Waals surface area (Å²) in [6.45, 7) is 0.902. The predicted octanol–water partition coefficient (Wildman–Crippen LogP) is 5.57. The number of alkyl halides is 3. The molecular formula is C17H17BrClF3N4S. The molecule has 0 amide bonds. The molecule has 0 unspecified atom stereocenters. The lowest BCUT2D eigenvalue weighted by molar-refractivity contribution is -0.142. The standard InChI is InChI=1S/C17H17BrClF3N4S/c18-13-14(10-2-3-10)26(25-15(13)17(20,21)22)9-1-8-23-16(27)24-12-6-4-11(19)5-7-12/h4-7,10H,1-3,8-9H2,(H2,23,24,27). The average Bonchev–Trinajstić information content (AvgIpc) is 3.36. The average molecular weight is 482 g/mol. The minimum absolute atomic E-state index is 0.0744. The second-order valence-corrected chi connectivity index (χ2v) is 7.92. The van der Waals surface area contributed by atoms with Crippen LogP contribution >= 0.6 is 39.7 Å². The summed E-state index contributed by atoms with van der Waals surface area (Å²) in [5.74, 6) is 0.156. The van der Waals surface area contributed by atoms with E-state index in [4.69, 9.17) is 23.8 Å². The molecule has 0 radical (unpaired) electrons. The largest absolute Gasteiger partial charge is 0.436 e. The van der Waals surface area contributed by atoms with Gasteiger partial charge in [0.1, 0.15) is 0 Å². The zero-order chi connectivity index (χ0) is 19.6. The molecule has 1 fully saturated rings. The van der Waals surface area contributed by atoms with Crippen LogP contribution < -0.4 is 10.6 Å². The van der Waals surface area contributed by atoms with E-state index in [0.29, 0.717) is 35.3 Å². The summed E-state index contributed by atoms with van der Waals surface area (Å²) in [5.41, 5.74) is 0.597. The normalized spacial score (nSPS) is 14.3. The number of hydrogen-bond donors (Lipinski definition) is 2. The van der Waals surface area contributed by atoms with Crippen LogP contribution in [0.1, 0.15) is 36.6 Å². The van der Waals surface area contributed by atoms with Gasteiger partial charge in [0.05, 0.1) is 10.2 Å². The smallest absolute Gasteiger partial charge is 0.362 e. The highest BCUT2D eigenvalue weighted by molar-refractivity contribution is 9.10. The van der Waals surface area contributed by atoms with E-state index in [1.807, 2.05) is 0 Å². The lowest BCUT2D eigenvalue weighted by atomic mass is 10.2. The third kappa shape index (κ3) is 5.36. The fourth-order valence-electron chi connectivity index (χ4n) is 2.69. The van der Waals surface area contributed by atoms with Crippen molar-refractivity contribution in [3.63, 3.8) is 0 Å². The number of hydrogen-bond acceptors (Lipinski definition) is 2. The highest BCUT2D eigenvalue weighted by Gasteiger charge is 2.41. The van der Waals surface area contributed by atoms with Gasteiger partial charge in [-0.25, -0.2) is 0 Å². The molecule has 0 spiro atoms. The SMILES string of the molecule is FC(F)(F)c1nn(CCCNC(=S)Nc2ccc(Cl)cc2)c(C2CC2)c1Br. The number of rotatable bonds is 6. The summed E-state index contributed by atoms with van der Waals surface area (Å²) >= 11 is 14.1. The van der Waals surface area contributed by atoms with Gasteiger partial charge in [-0.2, -0.15) is 18.3 Å². The maximum absolute atomic E-state index is 13.1. The van der Waals surface area contributed by atoms with E-state index in [1.54, 1.807) is 24.3 Å². The number of aromatic nitrogens is 2. The number of halogens is 5. The number of aryl methyl sites for hydroxylation is 1. The minimum atomic E-state index is -4.46. The molecule has 10 heteroatoms. The predicted molar refractivity (Wildman–Crippen MR) is 107 cm³/mol. The van der Waals surface area contributed by atoms with Crippen molar-refractivity contribution >= 4 is 50.5 Å². The topological polar surface area (TPSA) is 41.9 Å². The number of thiocarbonyl (C=S) groups is 1. The quantitative estimate of drug-likeness (QED) is 0.418. The fraction of sp³-hybridized carbons (Fsp3) is 0.412. The fourth-order valence-corrected chi connectivity index (χ4v) is 3.87. The Morgan fingerprint density at radius 2 is 1.96 bits per heavy atom. The Bertz CT molecular complexity index is 819. The van der Waals surface area contributed by atoms with E-state index >= 15 is 0 Å². The number of nitrogens with zero attached hydrogens (tertiary/aromatic N) is 2. The summed E-state index contributed by atoms with van der Waals surface area (Å²) in [6.07, 6.45) is -2.08. The van der Waals surface area contributed by atoms with Crippen LogP contribution in [0.4, 0.5) is 18.9 Å². The maximum Gasteiger partial charge on any atom is 0.436 e. The molecule has 1 aromatic carbocycles. The van der Waals surface area contributed by atoms with Gasteiger partial charge in [0.15, 0.2) is 10.8 Å². The van der Waals surface area contributed by atoms with Gasteiger partial charge in [0, 0.05) is 29.7 Å². The summed E-state index contributed by atoms with van der Waals surface area (Å²) in [6, 6.07) is 7.11. The molecule has 146 valence electrons. The molecular weight excluding hydrogens is 465 g/mol. The van der Waals surface area contributed by atoms with Crippen molar-refractivity contribution in [2.75, 3.05) is 11.9 Å². The van der Waals surface area contributed by atoms with E-state index in [1.165, 1.54) is 4.68 Å². The van der Waals surface area contributed by atoms with Crippen molar-refractivity contribution in [3.05, 3.63) is 45.1 Å². The van der Waals surface area contributed by atoms with Gasteiger partial charge in [0.2, 0.25) is 0 Å². The van der Waals surface area contributed by atoms with Gasteiger partial charge in [-0.05, 0) is 71.7 Å². The van der Waals surface area contributed by atoms with Crippen LogP contribution in [-0.2, 0) is 12.7 Å². The van der Waals surface area contributed by atoms with Crippen LogP contribution in [0.2, 0.25) is 5.02 Å². The van der Waals surface area contributed by atoms with E-state index in [9.17, 15) is 13.2 Å². The highest BCUT2D eigenvalue weighted by atomic mass is 79.9. The Hall–Kier alpha value is -1.32. The molecule has 3 rings (SSSR count). The van der Waals surface area contributed by atoms with Gasteiger partial charge >= 0.3 is 6.18 Å². The Morgan fingerprint density at radius 1 is 1.30 bits per heavy atom. The second kappa shape index (κ2) is 8.36. The lowest BCUT2D eigenvalue weighted by Gasteiger charge is -2.11. The van der Waals surface area contributed by atoms with Crippen LogP contribution in [0.25, 0.3) is 0 Å². The van der Waals surface area contributed by atoms with Crippen molar-refractivity contribution < 1.29 is 13.2 Å². The Morgan fingerprint density at radius 3 is 2.56 bits per heavy atom. The summed E-state index contributed by atoms with van der Waals surface area (Å²) in [7, 11) is 0. The number of nitrogens with one attached hydrogen (secondary N) is 2. The zero-order valence-corrected chi connectivity index (χ0v) is 17.3. The van der Waals surface area contributed by atoms with Gasteiger partial charge in [0.25, 0.3) is 0 Å². The maximum atomic E-state index is 13.1. The van der Waals surface area contributed by atoms with Crippen LogP contribution in [0.15, 0.2) is 28.7 Å². The molecule has 1 aliphatic rings. The first-order valence-electron chi connectivity index (χ1n) is 8.39.